The molecule has 1 atom stereocenters. The third-order valence-corrected chi connectivity index (χ3v) is 5.34. The lowest BCUT2D eigenvalue weighted by atomic mass is 9.86. The number of nitrogens with zero attached hydrogens (tertiary/aromatic N) is 1. The molecule has 2 fully saturated rings. The van der Waals surface area contributed by atoms with Crippen LogP contribution in [0.25, 0.3) is 0 Å². The molecule has 1 heterocycles. The Morgan fingerprint density at radius 3 is 2.47 bits per heavy atom. The van der Waals surface area contributed by atoms with Crippen molar-refractivity contribution < 1.29 is 4.79 Å². The van der Waals surface area contributed by atoms with Gasteiger partial charge in [-0.1, -0.05) is 48.0 Å². The summed E-state index contributed by atoms with van der Waals surface area (Å²) in [5, 5.41) is 1.07. The molecule has 1 unspecified atom stereocenters. The summed E-state index contributed by atoms with van der Waals surface area (Å²) >= 11 is 3.52. The molecule has 1 amide bonds. The monoisotopic (exact) mass is 329 g/mol. The van der Waals surface area contributed by atoms with Crippen LogP contribution in [0.15, 0.2) is 0 Å². The van der Waals surface area contributed by atoms with Gasteiger partial charge in [-0.25, -0.2) is 0 Å². The summed E-state index contributed by atoms with van der Waals surface area (Å²) in [6.07, 6.45) is 12.6. The molecule has 1 saturated carbocycles. The van der Waals surface area contributed by atoms with Gasteiger partial charge in [0.2, 0.25) is 5.91 Å². The van der Waals surface area contributed by atoms with Crippen LogP contribution in [0.2, 0.25) is 0 Å². The van der Waals surface area contributed by atoms with Crippen LogP contribution in [0.5, 0.6) is 0 Å². The molecule has 19 heavy (non-hydrogen) atoms. The molecule has 3 heteroatoms. The van der Waals surface area contributed by atoms with Gasteiger partial charge in [0.05, 0.1) is 0 Å². The van der Waals surface area contributed by atoms with E-state index in [1.54, 1.807) is 0 Å². The second-order valence-corrected chi connectivity index (χ2v) is 7.16. The van der Waals surface area contributed by atoms with Gasteiger partial charge in [-0.05, 0) is 37.5 Å². The summed E-state index contributed by atoms with van der Waals surface area (Å²) in [6.45, 7) is 2.01. The molecule has 1 aliphatic carbocycles. The van der Waals surface area contributed by atoms with Gasteiger partial charge in [0.1, 0.15) is 0 Å². The average Bonchev–Trinajstić information content (AvgIpc) is 2.46. The molecule has 0 bridgehead atoms. The fraction of sp³-hybridized carbons (Fsp3) is 0.938. The number of carbonyl (C=O) groups is 1. The maximum Gasteiger partial charge on any atom is 0.222 e. The van der Waals surface area contributed by atoms with Crippen molar-refractivity contribution in [2.75, 3.05) is 18.4 Å². The van der Waals surface area contributed by atoms with Crippen molar-refractivity contribution in [2.45, 2.75) is 64.2 Å². The number of rotatable bonds is 5. The highest BCUT2D eigenvalue weighted by molar-refractivity contribution is 9.09. The Kier molecular flexibility index (Phi) is 6.69. The summed E-state index contributed by atoms with van der Waals surface area (Å²) in [5.74, 6) is 1.98. The molecule has 2 nitrogen and oxygen atoms in total. The minimum absolute atomic E-state index is 0.421. The molecule has 2 aliphatic rings. The maximum absolute atomic E-state index is 12.3. The van der Waals surface area contributed by atoms with Crippen LogP contribution in [-0.4, -0.2) is 29.2 Å². The largest absolute Gasteiger partial charge is 0.342 e. The molecular weight excluding hydrogens is 302 g/mol. The predicted octanol–water partition coefficient (Wildman–Crippen LogP) is 4.37. The van der Waals surface area contributed by atoms with E-state index < -0.39 is 0 Å². The predicted molar refractivity (Wildman–Crippen MR) is 83.5 cm³/mol. The standard InChI is InChI=1S/C16H28BrNO/c17-11-10-15-7-4-12-18(13-15)16(19)9-8-14-5-2-1-3-6-14/h14-15H,1-13H2. The lowest BCUT2D eigenvalue weighted by Gasteiger charge is -2.33. The molecule has 0 N–H and O–H groups in total. The zero-order valence-electron chi connectivity index (χ0n) is 12.1. The minimum Gasteiger partial charge on any atom is -0.342 e. The van der Waals surface area contributed by atoms with Gasteiger partial charge in [0.25, 0.3) is 0 Å². The van der Waals surface area contributed by atoms with Gasteiger partial charge in [-0.15, -0.1) is 0 Å². The van der Waals surface area contributed by atoms with E-state index in [2.05, 4.69) is 20.8 Å². The zero-order valence-corrected chi connectivity index (χ0v) is 13.7. The summed E-state index contributed by atoms with van der Waals surface area (Å²) in [4.78, 5) is 14.4. The first kappa shape index (κ1) is 15.3. The third-order valence-electron chi connectivity index (χ3n) is 4.88. The third kappa shape index (κ3) is 5.09. The van der Waals surface area contributed by atoms with Crippen molar-refractivity contribution in [2.24, 2.45) is 11.8 Å². The fourth-order valence-electron chi connectivity index (χ4n) is 3.64. The first-order chi connectivity index (χ1) is 9.29. The van der Waals surface area contributed by atoms with Crippen LogP contribution < -0.4 is 0 Å². The van der Waals surface area contributed by atoms with Crippen molar-refractivity contribution in [3.05, 3.63) is 0 Å². The van der Waals surface area contributed by atoms with Crippen molar-refractivity contribution in [3.63, 3.8) is 0 Å². The molecule has 110 valence electrons. The Hall–Kier alpha value is -0.0500. The Morgan fingerprint density at radius 2 is 1.74 bits per heavy atom. The second-order valence-electron chi connectivity index (χ2n) is 6.37. The SMILES string of the molecule is O=C(CCC1CCCCC1)N1CCCC(CCBr)C1. The highest BCUT2D eigenvalue weighted by Gasteiger charge is 2.24. The van der Waals surface area contributed by atoms with E-state index in [4.69, 9.17) is 0 Å². The van der Waals surface area contributed by atoms with Gasteiger partial charge in [0.15, 0.2) is 0 Å². The summed E-state index contributed by atoms with van der Waals surface area (Å²) in [6, 6.07) is 0. The molecule has 1 aliphatic heterocycles. The highest BCUT2D eigenvalue weighted by Crippen LogP contribution is 2.28. The number of likely N-dealkylation sites (tertiary alicyclic amines) is 1. The smallest absolute Gasteiger partial charge is 0.222 e. The molecular formula is C16H28BrNO. The van der Waals surface area contributed by atoms with Crippen LogP contribution in [-0.2, 0) is 4.79 Å². The van der Waals surface area contributed by atoms with Gasteiger partial charge in [-0.3, -0.25) is 4.79 Å². The number of alkyl halides is 1. The number of carbonyl (C=O) groups excluding carboxylic acids is 1. The number of piperidine rings is 1. The van der Waals surface area contributed by atoms with Crippen molar-refractivity contribution in [3.8, 4) is 0 Å². The topological polar surface area (TPSA) is 20.3 Å². The van der Waals surface area contributed by atoms with Gasteiger partial charge < -0.3 is 4.90 Å². The summed E-state index contributed by atoms with van der Waals surface area (Å²) in [7, 11) is 0. The zero-order chi connectivity index (χ0) is 13.5. The van der Waals surface area contributed by atoms with E-state index in [1.807, 2.05) is 0 Å². The Balaban J connectivity index is 1.69. The Labute approximate surface area is 126 Å². The van der Waals surface area contributed by atoms with Crippen molar-refractivity contribution in [1.82, 2.24) is 4.90 Å². The minimum atomic E-state index is 0.421. The Bertz CT molecular complexity index is 274. The molecule has 0 aromatic carbocycles. The summed E-state index contributed by atoms with van der Waals surface area (Å²) in [5.41, 5.74) is 0. The molecule has 0 radical (unpaired) electrons. The molecule has 1 saturated heterocycles. The van der Waals surface area contributed by atoms with Crippen LogP contribution in [0.3, 0.4) is 0 Å². The maximum atomic E-state index is 12.3. The van der Waals surface area contributed by atoms with E-state index in [0.717, 1.165) is 43.1 Å². The van der Waals surface area contributed by atoms with Crippen LogP contribution in [0.4, 0.5) is 0 Å². The van der Waals surface area contributed by atoms with Crippen molar-refractivity contribution in [1.29, 1.82) is 0 Å². The average molecular weight is 330 g/mol. The quantitative estimate of drug-likeness (QED) is 0.686. The number of amides is 1. The van der Waals surface area contributed by atoms with Crippen LogP contribution in [0.1, 0.15) is 64.2 Å². The summed E-state index contributed by atoms with van der Waals surface area (Å²) < 4.78 is 0. The van der Waals surface area contributed by atoms with Crippen LogP contribution >= 0.6 is 15.9 Å². The van der Waals surface area contributed by atoms with Gasteiger partial charge >= 0.3 is 0 Å². The van der Waals surface area contributed by atoms with E-state index >= 15 is 0 Å². The Morgan fingerprint density at radius 1 is 1.00 bits per heavy atom. The first-order valence-corrected chi connectivity index (χ1v) is 9.25. The number of hydrogen-bond acceptors (Lipinski definition) is 1. The van der Waals surface area contributed by atoms with Crippen LogP contribution in [0, 0.1) is 11.8 Å². The highest BCUT2D eigenvalue weighted by atomic mass is 79.9. The lowest BCUT2D eigenvalue weighted by Crippen LogP contribution is -2.40. The van der Waals surface area contributed by atoms with E-state index in [9.17, 15) is 4.79 Å². The number of hydrogen-bond donors (Lipinski definition) is 0. The normalized spacial score (nSPS) is 25.5. The van der Waals surface area contributed by atoms with Crippen molar-refractivity contribution >= 4 is 21.8 Å². The number of halogens is 1. The van der Waals surface area contributed by atoms with E-state index in [1.165, 1.54) is 51.4 Å². The fourth-order valence-corrected chi connectivity index (χ4v) is 4.29. The molecule has 0 spiro atoms. The van der Waals surface area contributed by atoms with Gasteiger partial charge in [-0.2, -0.15) is 0 Å². The lowest BCUT2D eigenvalue weighted by molar-refractivity contribution is -0.133. The molecule has 0 aromatic heterocycles. The van der Waals surface area contributed by atoms with Gasteiger partial charge in [0, 0.05) is 24.8 Å². The molecule has 0 aromatic rings. The first-order valence-electron chi connectivity index (χ1n) is 8.13. The van der Waals surface area contributed by atoms with E-state index in [-0.39, 0.29) is 0 Å². The van der Waals surface area contributed by atoms with E-state index in [0.29, 0.717) is 5.91 Å². The molecule has 2 rings (SSSR count). The second kappa shape index (κ2) is 8.28.